The van der Waals surface area contributed by atoms with Gasteiger partial charge < -0.3 is 19.8 Å². The molecule has 0 radical (unpaired) electrons. The van der Waals surface area contributed by atoms with Crippen molar-refractivity contribution in [1.29, 1.82) is 0 Å². The van der Waals surface area contributed by atoms with E-state index < -0.39 is 11.9 Å². The Morgan fingerprint density at radius 1 is 1.30 bits per heavy atom. The van der Waals surface area contributed by atoms with Crippen molar-refractivity contribution in [3.05, 3.63) is 58.2 Å². The number of carbonyl (C=O) groups is 1. The van der Waals surface area contributed by atoms with Crippen LogP contribution in [0.3, 0.4) is 0 Å². The maximum atomic E-state index is 11.4. The van der Waals surface area contributed by atoms with Crippen molar-refractivity contribution in [2.75, 3.05) is 13.2 Å². The minimum atomic E-state index is -0.456. The van der Waals surface area contributed by atoms with E-state index in [0.29, 0.717) is 26.3 Å². The Bertz CT molecular complexity index is 1060. The molecule has 1 heterocycles. The van der Waals surface area contributed by atoms with Crippen LogP contribution >= 0.6 is 0 Å². The minimum absolute atomic E-state index is 0.102. The number of nitrogens with one attached hydrogen (secondary N) is 1. The van der Waals surface area contributed by atoms with Gasteiger partial charge in [-0.15, -0.1) is 0 Å². The number of ether oxygens (including phenoxy) is 2. The lowest BCUT2D eigenvalue weighted by Crippen LogP contribution is -2.39. The topological polar surface area (TPSA) is 91.4 Å². The third-order valence-corrected chi connectivity index (χ3v) is 5.31. The van der Waals surface area contributed by atoms with Gasteiger partial charge >= 0.3 is 0 Å². The van der Waals surface area contributed by atoms with E-state index in [0.717, 1.165) is 28.0 Å². The van der Waals surface area contributed by atoms with Gasteiger partial charge in [0.05, 0.1) is 29.9 Å². The van der Waals surface area contributed by atoms with Gasteiger partial charge in [-0.25, -0.2) is 4.98 Å². The summed E-state index contributed by atoms with van der Waals surface area (Å²) in [4.78, 5) is 16.1. The molecule has 0 saturated heterocycles. The normalized spacial score (nSPS) is 13.9. The van der Waals surface area contributed by atoms with E-state index in [1.165, 1.54) is 5.56 Å². The van der Waals surface area contributed by atoms with Crippen LogP contribution in [-0.2, 0) is 28.0 Å². The summed E-state index contributed by atoms with van der Waals surface area (Å²) in [6.45, 7) is 18.6. The molecule has 0 aliphatic carbocycles. The molecule has 2 rings (SSSR count). The first-order chi connectivity index (χ1) is 15.5. The van der Waals surface area contributed by atoms with Crippen LogP contribution in [-0.4, -0.2) is 34.7 Å². The Kier molecular flexibility index (Phi) is 9.44. The van der Waals surface area contributed by atoms with Gasteiger partial charge in [-0.05, 0) is 56.0 Å². The van der Waals surface area contributed by atoms with Gasteiger partial charge in [-0.1, -0.05) is 39.5 Å². The van der Waals surface area contributed by atoms with Crippen molar-refractivity contribution in [1.82, 2.24) is 14.9 Å². The molecule has 7 heteroatoms. The first-order valence-electron chi connectivity index (χ1n) is 11.3. The average molecular weight is 455 g/mol. The number of imidazole rings is 1. The van der Waals surface area contributed by atoms with Crippen molar-refractivity contribution in [3.63, 3.8) is 0 Å². The second kappa shape index (κ2) is 11.8. The predicted molar refractivity (Wildman–Crippen MR) is 133 cm³/mol. The van der Waals surface area contributed by atoms with Crippen molar-refractivity contribution in [2.45, 2.75) is 66.1 Å². The van der Waals surface area contributed by atoms with Gasteiger partial charge in [0.1, 0.15) is 17.3 Å². The highest BCUT2D eigenvalue weighted by Crippen LogP contribution is 2.24. The van der Waals surface area contributed by atoms with Crippen LogP contribution in [0.2, 0.25) is 0 Å². The number of nitrogens with zero attached hydrogens (tertiary/aromatic N) is 2. The van der Waals surface area contributed by atoms with E-state index in [9.17, 15) is 4.79 Å². The number of aromatic nitrogens is 2. The lowest BCUT2D eigenvalue weighted by atomic mass is 9.87. The Labute approximate surface area is 197 Å². The number of hydrogen-bond donors (Lipinski definition) is 2. The zero-order chi connectivity index (χ0) is 24.6. The van der Waals surface area contributed by atoms with Gasteiger partial charge in [0, 0.05) is 13.2 Å². The van der Waals surface area contributed by atoms with Crippen molar-refractivity contribution in [2.24, 2.45) is 5.73 Å². The maximum Gasteiger partial charge on any atom is 0.234 e. The molecule has 0 fully saturated rings. The molecule has 0 bridgehead atoms. The third kappa shape index (κ3) is 7.87. The summed E-state index contributed by atoms with van der Waals surface area (Å²) in [6.07, 6.45) is 3.77. The molecule has 180 valence electrons. The van der Waals surface area contributed by atoms with Crippen LogP contribution in [0.5, 0.6) is 5.75 Å². The number of carbonyl (C=O) groups excluding carboxylic acids is 1. The number of benzene rings is 1. The molecule has 7 nitrogen and oxygen atoms in total. The predicted octanol–water partition coefficient (Wildman–Crippen LogP) is 2.35. The van der Waals surface area contributed by atoms with Gasteiger partial charge in [-0.2, -0.15) is 0 Å². The second-order valence-electron chi connectivity index (χ2n) is 9.03. The number of nitrogens with two attached hydrogens (primary N) is 1. The number of hydrogen-bond acceptors (Lipinski definition) is 5. The van der Waals surface area contributed by atoms with Crippen LogP contribution in [0, 0.1) is 0 Å². The van der Waals surface area contributed by atoms with E-state index in [4.69, 9.17) is 20.2 Å². The van der Waals surface area contributed by atoms with E-state index in [1.807, 2.05) is 42.7 Å². The second-order valence-corrected chi connectivity index (χ2v) is 9.03. The lowest BCUT2D eigenvalue weighted by Gasteiger charge is -2.19. The zero-order valence-electron chi connectivity index (χ0n) is 20.8. The Balaban J connectivity index is 2.23. The largest absolute Gasteiger partial charge is 0.462 e. The van der Waals surface area contributed by atoms with Crippen LogP contribution in [0.1, 0.15) is 52.9 Å². The van der Waals surface area contributed by atoms with Gasteiger partial charge in [0.15, 0.2) is 0 Å². The molecule has 1 aromatic heterocycles. The SMILES string of the molecule is C=c1/c(=C\C=C(/C)Oc2ccc(C(C)(C)C)cc2)nc(CN[C@@H](C)C(N)=O)n1CCOCC. The Hall–Kier alpha value is -2.90. The van der Waals surface area contributed by atoms with Crippen LogP contribution < -0.4 is 26.5 Å². The molecule has 0 aliphatic rings. The van der Waals surface area contributed by atoms with Crippen molar-refractivity contribution < 1.29 is 14.3 Å². The van der Waals surface area contributed by atoms with Gasteiger partial charge in [-0.3, -0.25) is 10.1 Å². The maximum absolute atomic E-state index is 11.4. The molecule has 0 aliphatic heterocycles. The fourth-order valence-corrected chi connectivity index (χ4v) is 3.17. The van der Waals surface area contributed by atoms with E-state index in [1.54, 1.807) is 6.92 Å². The van der Waals surface area contributed by atoms with Crippen molar-refractivity contribution in [3.8, 4) is 5.75 Å². The van der Waals surface area contributed by atoms with Crippen molar-refractivity contribution >= 4 is 18.6 Å². The molecule has 0 unspecified atom stereocenters. The van der Waals surface area contributed by atoms with Crippen LogP contribution in [0.15, 0.2) is 36.1 Å². The Morgan fingerprint density at radius 2 is 1.97 bits per heavy atom. The quantitative estimate of drug-likeness (QED) is 0.402. The number of allylic oxidation sites excluding steroid dienone is 2. The third-order valence-electron chi connectivity index (χ3n) is 5.31. The van der Waals surface area contributed by atoms with E-state index in [2.05, 4.69) is 44.8 Å². The summed E-state index contributed by atoms with van der Waals surface area (Å²) in [5.74, 6) is 1.88. The fraction of sp³-hybridized carbons (Fsp3) is 0.462. The first-order valence-corrected chi connectivity index (χ1v) is 11.3. The van der Waals surface area contributed by atoms with Gasteiger partial charge in [0.2, 0.25) is 5.91 Å². The summed E-state index contributed by atoms with van der Waals surface area (Å²) in [5, 5.41) is 4.61. The smallest absolute Gasteiger partial charge is 0.234 e. The average Bonchev–Trinajstić information content (AvgIpc) is 3.05. The molecule has 1 atom stereocenters. The first kappa shape index (κ1) is 26.4. The van der Waals surface area contributed by atoms with Crippen LogP contribution in [0.4, 0.5) is 0 Å². The molecule has 1 aromatic carbocycles. The minimum Gasteiger partial charge on any atom is -0.462 e. The fourth-order valence-electron chi connectivity index (χ4n) is 3.17. The summed E-state index contributed by atoms with van der Waals surface area (Å²) in [7, 11) is 0. The highest BCUT2D eigenvalue weighted by molar-refractivity contribution is 5.79. The monoisotopic (exact) mass is 454 g/mol. The number of primary amides is 1. The molecule has 2 aromatic rings. The van der Waals surface area contributed by atoms with Gasteiger partial charge in [0.25, 0.3) is 0 Å². The van der Waals surface area contributed by atoms with E-state index >= 15 is 0 Å². The van der Waals surface area contributed by atoms with Crippen LogP contribution in [0.25, 0.3) is 12.7 Å². The lowest BCUT2D eigenvalue weighted by molar-refractivity contribution is -0.119. The molecular weight excluding hydrogens is 416 g/mol. The molecular formula is C26H38N4O3. The molecule has 1 amide bonds. The number of rotatable bonds is 11. The number of amides is 1. The summed E-state index contributed by atoms with van der Waals surface area (Å²) >= 11 is 0. The molecule has 0 spiro atoms. The van der Waals surface area contributed by atoms with E-state index in [-0.39, 0.29) is 5.41 Å². The molecule has 0 saturated carbocycles. The molecule has 33 heavy (non-hydrogen) atoms. The zero-order valence-corrected chi connectivity index (χ0v) is 20.8. The summed E-state index contributed by atoms with van der Waals surface area (Å²) in [6, 6.07) is 7.69. The molecule has 3 N–H and O–H groups in total. The summed E-state index contributed by atoms with van der Waals surface area (Å²) < 4.78 is 13.5. The standard InChI is InChI=1S/C26H38N4O3/c1-8-32-16-15-30-20(4)23(29-24(30)17-28-19(3)25(27)31)14-9-18(2)33-22-12-10-21(11-13-22)26(5,6)7/h9-14,19,28H,4,8,15-17H2,1-3,5-7H3,(H2,27,31)/b18-9+,23-14+/t19-/m0/s1. The Morgan fingerprint density at radius 3 is 2.55 bits per heavy atom. The highest BCUT2D eigenvalue weighted by atomic mass is 16.5. The summed E-state index contributed by atoms with van der Waals surface area (Å²) in [5.41, 5.74) is 6.72. The highest BCUT2D eigenvalue weighted by Gasteiger charge is 2.13.